The van der Waals surface area contributed by atoms with Crippen LogP contribution in [0.2, 0.25) is 0 Å². The number of halogens is 2. The number of aryl methyl sites for hydroxylation is 1. The Labute approximate surface area is 208 Å². The highest BCUT2D eigenvalue weighted by molar-refractivity contribution is 5.85. The predicted molar refractivity (Wildman–Crippen MR) is 133 cm³/mol. The number of rotatable bonds is 4. The monoisotopic (exact) mass is 501 g/mol. The number of anilines is 1. The molecule has 1 saturated heterocycles. The summed E-state index contributed by atoms with van der Waals surface area (Å²) in [5, 5.41) is 31.0. The van der Waals surface area contributed by atoms with Crippen molar-refractivity contribution >= 4 is 41.9 Å². The number of fused-ring (bicyclic) bond motifs is 1. The Hall–Kier alpha value is -3.08. The van der Waals surface area contributed by atoms with Gasteiger partial charge in [-0.3, -0.25) is 0 Å². The van der Waals surface area contributed by atoms with E-state index < -0.39 is 0 Å². The summed E-state index contributed by atoms with van der Waals surface area (Å²) < 4.78 is 1.63. The Balaban J connectivity index is 0.00000137. The molecule has 1 aromatic carbocycles. The molecule has 1 aliphatic carbocycles. The fourth-order valence-electron chi connectivity index (χ4n) is 4.29. The minimum absolute atomic E-state index is 0. The van der Waals surface area contributed by atoms with Crippen molar-refractivity contribution in [2.45, 2.75) is 18.9 Å². The number of nitrogens with one attached hydrogen (secondary N) is 1. The van der Waals surface area contributed by atoms with Crippen molar-refractivity contribution in [1.82, 2.24) is 40.5 Å². The standard InChI is InChI=1S/C22H23N9O.2ClH/c1-30-21-17(27-29-30)7-6-16(25-21)14-4-5-15(20(32)10-14)18-11-24-22(28-26-18)31-9-8-23-19(12-31)13-2-3-13;;/h4-7,10-11,13,19,23,32H,2-3,8-9,12H2,1H3;2*1H/t19-;;/m1../s1. The number of aromatic nitrogens is 7. The third-order valence-electron chi connectivity index (χ3n) is 6.25. The summed E-state index contributed by atoms with van der Waals surface area (Å²) in [5.41, 5.74) is 4.05. The maximum absolute atomic E-state index is 10.7. The quantitative estimate of drug-likeness (QED) is 0.434. The molecule has 2 fully saturated rings. The van der Waals surface area contributed by atoms with Crippen LogP contribution in [0.5, 0.6) is 5.75 Å². The van der Waals surface area contributed by atoms with Crippen molar-refractivity contribution < 1.29 is 5.11 Å². The number of phenolic OH excluding ortho intramolecular Hbond substituents is 1. The summed E-state index contributed by atoms with van der Waals surface area (Å²) in [4.78, 5) is 11.3. The van der Waals surface area contributed by atoms with Gasteiger partial charge in [0, 0.05) is 43.9 Å². The average molecular weight is 502 g/mol. The third kappa shape index (κ3) is 4.48. The summed E-state index contributed by atoms with van der Waals surface area (Å²) in [6.45, 7) is 2.71. The van der Waals surface area contributed by atoms with Crippen molar-refractivity contribution in [3.63, 3.8) is 0 Å². The molecule has 34 heavy (non-hydrogen) atoms. The molecule has 1 atom stereocenters. The molecule has 2 N–H and O–H groups in total. The highest BCUT2D eigenvalue weighted by Gasteiger charge is 2.34. The molecule has 6 rings (SSSR count). The van der Waals surface area contributed by atoms with Crippen molar-refractivity contribution in [2.75, 3.05) is 24.5 Å². The lowest BCUT2D eigenvalue weighted by Gasteiger charge is -2.33. The zero-order chi connectivity index (χ0) is 21.7. The minimum atomic E-state index is 0. The van der Waals surface area contributed by atoms with Gasteiger partial charge in [0.15, 0.2) is 5.65 Å². The average Bonchev–Trinajstić information content (AvgIpc) is 3.62. The normalized spacial score (nSPS) is 17.8. The highest BCUT2D eigenvalue weighted by Crippen LogP contribution is 2.34. The molecule has 1 saturated carbocycles. The van der Waals surface area contributed by atoms with Crippen LogP contribution in [0.3, 0.4) is 0 Å². The molecule has 1 aliphatic heterocycles. The first-order valence-electron chi connectivity index (χ1n) is 10.8. The van der Waals surface area contributed by atoms with Crippen LogP contribution in [0.15, 0.2) is 36.5 Å². The molecule has 0 radical (unpaired) electrons. The molecule has 178 valence electrons. The van der Waals surface area contributed by atoms with E-state index in [2.05, 4.69) is 40.7 Å². The fraction of sp³-hybridized carbons (Fsp3) is 0.364. The summed E-state index contributed by atoms with van der Waals surface area (Å²) >= 11 is 0. The summed E-state index contributed by atoms with van der Waals surface area (Å²) in [6, 6.07) is 9.65. The van der Waals surface area contributed by atoms with E-state index >= 15 is 0 Å². The van der Waals surface area contributed by atoms with Gasteiger partial charge in [-0.25, -0.2) is 14.6 Å². The lowest BCUT2D eigenvalue weighted by molar-refractivity contribution is 0.414. The third-order valence-corrected chi connectivity index (χ3v) is 6.25. The Morgan fingerprint density at radius 2 is 1.88 bits per heavy atom. The second kappa shape index (κ2) is 9.65. The van der Waals surface area contributed by atoms with Crippen LogP contribution in [0.1, 0.15) is 12.8 Å². The van der Waals surface area contributed by atoms with Gasteiger partial charge in [-0.2, -0.15) is 0 Å². The Kier molecular flexibility index (Phi) is 6.83. The number of aromatic hydroxyl groups is 1. The zero-order valence-electron chi connectivity index (χ0n) is 18.5. The van der Waals surface area contributed by atoms with Gasteiger partial charge in [0.1, 0.15) is 17.0 Å². The van der Waals surface area contributed by atoms with E-state index in [0.29, 0.717) is 28.9 Å². The molecule has 10 nitrogen and oxygen atoms in total. The molecule has 0 amide bonds. The second-order valence-electron chi connectivity index (χ2n) is 8.47. The predicted octanol–water partition coefficient (Wildman–Crippen LogP) is 2.62. The Morgan fingerprint density at radius 3 is 2.62 bits per heavy atom. The number of hydrogen-bond donors (Lipinski definition) is 2. The van der Waals surface area contributed by atoms with Gasteiger partial charge in [-0.15, -0.1) is 40.1 Å². The van der Waals surface area contributed by atoms with E-state index in [4.69, 9.17) is 0 Å². The fourth-order valence-corrected chi connectivity index (χ4v) is 4.29. The second-order valence-corrected chi connectivity index (χ2v) is 8.47. The molecule has 0 bridgehead atoms. The van der Waals surface area contributed by atoms with E-state index in [1.54, 1.807) is 24.0 Å². The van der Waals surface area contributed by atoms with E-state index in [9.17, 15) is 5.11 Å². The molecule has 4 aromatic rings. The number of piperazine rings is 1. The van der Waals surface area contributed by atoms with Crippen LogP contribution in [0.25, 0.3) is 33.7 Å². The molecule has 3 aromatic heterocycles. The smallest absolute Gasteiger partial charge is 0.245 e. The number of phenols is 1. The van der Waals surface area contributed by atoms with Crippen LogP contribution >= 0.6 is 24.8 Å². The maximum Gasteiger partial charge on any atom is 0.245 e. The van der Waals surface area contributed by atoms with Gasteiger partial charge in [0.25, 0.3) is 0 Å². The van der Waals surface area contributed by atoms with Crippen LogP contribution in [-0.2, 0) is 7.05 Å². The molecular formula is C22H25Cl2N9O. The maximum atomic E-state index is 10.7. The van der Waals surface area contributed by atoms with Crippen LogP contribution < -0.4 is 10.2 Å². The Morgan fingerprint density at radius 1 is 1.03 bits per heavy atom. The summed E-state index contributed by atoms with van der Waals surface area (Å²) in [5.74, 6) is 1.52. The van der Waals surface area contributed by atoms with E-state index in [0.717, 1.165) is 42.3 Å². The van der Waals surface area contributed by atoms with Gasteiger partial charge < -0.3 is 15.3 Å². The lowest BCUT2D eigenvalue weighted by atomic mass is 10.1. The van der Waals surface area contributed by atoms with Gasteiger partial charge in [0.05, 0.1) is 11.9 Å². The molecule has 2 aliphatic rings. The molecule has 0 unspecified atom stereocenters. The lowest BCUT2D eigenvalue weighted by Crippen LogP contribution is -2.52. The number of hydrogen-bond acceptors (Lipinski definition) is 9. The van der Waals surface area contributed by atoms with Gasteiger partial charge in [0.2, 0.25) is 5.95 Å². The zero-order valence-corrected chi connectivity index (χ0v) is 20.1. The van der Waals surface area contributed by atoms with E-state index in [-0.39, 0.29) is 30.6 Å². The molecule has 4 heterocycles. The number of nitrogens with zero attached hydrogens (tertiary/aromatic N) is 8. The van der Waals surface area contributed by atoms with Crippen molar-refractivity contribution in [2.24, 2.45) is 13.0 Å². The summed E-state index contributed by atoms with van der Waals surface area (Å²) in [7, 11) is 1.80. The first-order chi connectivity index (χ1) is 15.7. The largest absolute Gasteiger partial charge is 0.507 e. The number of benzene rings is 1. The minimum Gasteiger partial charge on any atom is -0.507 e. The molecule has 0 spiro atoms. The first-order valence-corrected chi connectivity index (χ1v) is 10.8. The van der Waals surface area contributed by atoms with Gasteiger partial charge in [-0.05, 0) is 43.0 Å². The molecular weight excluding hydrogens is 477 g/mol. The van der Waals surface area contributed by atoms with Gasteiger partial charge >= 0.3 is 0 Å². The Bertz CT molecular complexity index is 1290. The van der Waals surface area contributed by atoms with Crippen LogP contribution in [0, 0.1) is 5.92 Å². The van der Waals surface area contributed by atoms with Crippen LogP contribution in [0.4, 0.5) is 5.95 Å². The first kappa shape index (κ1) is 24.1. The highest BCUT2D eigenvalue weighted by atomic mass is 35.5. The van der Waals surface area contributed by atoms with Crippen molar-refractivity contribution in [1.29, 1.82) is 0 Å². The van der Waals surface area contributed by atoms with Crippen LogP contribution in [-0.4, -0.2) is 65.9 Å². The topological polar surface area (TPSA) is 118 Å². The SMILES string of the molecule is Cl.Cl.Cn1nnc2ccc(-c3ccc(-c4cnc(N5CCN[C@@H](C6CC6)C5)nn4)c(O)c3)nc21. The van der Waals surface area contributed by atoms with Crippen molar-refractivity contribution in [3.8, 4) is 28.3 Å². The van der Waals surface area contributed by atoms with E-state index in [1.807, 2.05) is 24.3 Å². The van der Waals surface area contributed by atoms with Gasteiger partial charge in [-0.1, -0.05) is 11.3 Å². The van der Waals surface area contributed by atoms with E-state index in [1.165, 1.54) is 12.8 Å². The summed E-state index contributed by atoms with van der Waals surface area (Å²) in [6.07, 6.45) is 4.29. The molecule has 12 heteroatoms. The van der Waals surface area contributed by atoms with Crippen molar-refractivity contribution in [3.05, 3.63) is 36.5 Å². The number of pyridine rings is 1.